The van der Waals surface area contributed by atoms with Crippen molar-refractivity contribution in [1.82, 2.24) is 13.4 Å². The molecule has 0 amide bonds. The average molecular weight is 337 g/mol. The summed E-state index contributed by atoms with van der Waals surface area (Å²) in [6.07, 6.45) is 1.06. The van der Waals surface area contributed by atoms with E-state index < -0.39 is 26.2 Å². The van der Waals surface area contributed by atoms with Crippen molar-refractivity contribution in [1.29, 1.82) is 0 Å². The van der Waals surface area contributed by atoms with Gasteiger partial charge in [-0.1, -0.05) is 24.3 Å². The lowest BCUT2D eigenvalue weighted by Gasteiger charge is -2.18. The summed E-state index contributed by atoms with van der Waals surface area (Å²) in [5, 5.41) is 0. The highest BCUT2D eigenvalue weighted by Gasteiger charge is 2.26. The van der Waals surface area contributed by atoms with Gasteiger partial charge in [0.2, 0.25) is 10.0 Å². The van der Waals surface area contributed by atoms with Crippen LogP contribution in [-0.2, 0) is 30.7 Å². The molecule has 0 bridgehead atoms. The number of aromatic nitrogens is 2. The van der Waals surface area contributed by atoms with Crippen molar-refractivity contribution < 1.29 is 8.42 Å². The molecule has 0 unspecified atom stereocenters. The molecule has 0 radical (unpaired) electrons. The quantitative estimate of drug-likeness (QED) is 0.799. The third-order valence-corrected chi connectivity index (χ3v) is 5.54. The molecule has 0 spiro atoms. The first kappa shape index (κ1) is 17.2. The van der Waals surface area contributed by atoms with Crippen LogP contribution in [0.15, 0.2) is 44.9 Å². The Bertz CT molecular complexity index is 957. The van der Waals surface area contributed by atoms with Crippen LogP contribution in [0.2, 0.25) is 0 Å². The summed E-state index contributed by atoms with van der Waals surface area (Å²) in [5.74, 6) is 0. The lowest BCUT2D eigenvalue weighted by Crippen LogP contribution is -2.41. The fraction of sp³-hybridized carbons (Fsp3) is 0.333. The van der Waals surface area contributed by atoms with Crippen LogP contribution in [0.4, 0.5) is 0 Å². The lowest BCUT2D eigenvalue weighted by molar-refractivity contribution is 0.462. The third kappa shape index (κ3) is 3.13. The molecule has 0 aliphatic heterocycles. The fourth-order valence-corrected chi connectivity index (χ4v) is 3.53. The van der Waals surface area contributed by atoms with Gasteiger partial charge in [0.25, 0.3) is 5.56 Å². The molecular weight excluding hydrogens is 318 g/mol. The van der Waals surface area contributed by atoms with Crippen LogP contribution >= 0.6 is 0 Å². The van der Waals surface area contributed by atoms with E-state index in [9.17, 15) is 18.0 Å². The van der Waals surface area contributed by atoms with E-state index in [0.717, 1.165) is 30.8 Å². The first-order valence-electron chi connectivity index (χ1n) is 6.93. The average Bonchev–Trinajstić information content (AvgIpc) is 2.50. The molecule has 0 atom stereocenters. The lowest BCUT2D eigenvalue weighted by atomic mass is 10.1. The van der Waals surface area contributed by atoms with Crippen LogP contribution in [0.5, 0.6) is 0 Å². The molecule has 0 N–H and O–H groups in total. The Balaban J connectivity index is 2.49. The van der Waals surface area contributed by atoms with Crippen LogP contribution in [0.25, 0.3) is 0 Å². The van der Waals surface area contributed by atoms with Gasteiger partial charge >= 0.3 is 5.69 Å². The van der Waals surface area contributed by atoms with Crippen molar-refractivity contribution in [3.05, 3.63) is 62.4 Å². The Morgan fingerprint density at radius 3 is 2.35 bits per heavy atom. The van der Waals surface area contributed by atoms with Crippen molar-refractivity contribution in [2.75, 3.05) is 7.05 Å². The molecular formula is C15H19N3O4S. The van der Waals surface area contributed by atoms with Crippen molar-refractivity contribution >= 4 is 10.0 Å². The van der Waals surface area contributed by atoms with Crippen molar-refractivity contribution in [3.8, 4) is 0 Å². The highest BCUT2D eigenvalue weighted by molar-refractivity contribution is 7.89. The summed E-state index contributed by atoms with van der Waals surface area (Å²) in [4.78, 5) is 23.4. The Kier molecular flexibility index (Phi) is 4.58. The van der Waals surface area contributed by atoms with E-state index in [1.54, 1.807) is 0 Å². The van der Waals surface area contributed by atoms with Crippen molar-refractivity contribution in [2.24, 2.45) is 14.1 Å². The number of aryl methyl sites for hydroxylation is 2. The molecule has 1 heterocycles. The van der Waals surface area contributed by atoms with E-state index in [1.807, 2.05) is 31.2 Å². The number of benzene rings is 1. The van der Waals surface area contributed by atoms with E-state index in [0.29, 0.717) is 0 Å². The van der Waals surface area contributed by atoms with Gasteiger partial charge in [-0.05, 0) is 18.1 Å². The predicted octanol–water partition coefficient (Wildman–Crippen LogP) is 0.213. The van der Waals surface area contributed by atoms with Gasteiger partial charge < -0.3 is 4.57 Å². The highest BCUT2D eigenvalue weighted by Crippen LogP contribution is 2.15. The summed E-state index contributed by atoms with van der Waals surface area (Å²) < 4.78 is 28.3. The molecule has 0 aliphatic carbocycles. The zero-order valence-electron chi connectivity index (χ0n) is 13.5. The molecule has 0 fully saturated rings. The monoisotopic (exact) mass is 337 g/mol. The van der Waals surface area contributed by atoms with Crippen molar-refractivity contribution in [2.45, 2.75) is 18.4 Å². The van der Waals surface area contributed by atoms with E-state index in [-0.39, 0.29) is 6.54 Å². The largest absolute Gasteiger partial charge is 0.330 e. The minimum absolute atomic E-state index is 0.140. The highest BCUT2D eigenvalue weighted by atomic mass is 32.2. The summed E-state index contributed by atoms with van der Waals surface area (Å²) in [5.41, 5.74) is 0.406. The van der Waals surface area contributed by atoms with Gasteiger partial charge in [-0.15, -0.1) is 0 Å². The summed E-state index contributed by atoms with van der Waals surface area (Å²) in [7, 11) is 0.0628. The van der Waals surface area contributed by atoms with Crippen LogP contribution in [0.3, 0.4) is 0 Å². The Morgan fingerprint density at radius 1 is 1.13 bits per heavy atom. The molecule has 0 saturated carbocycles. The normalized spacial score (nSPS) is 11.9. The van der Waals surface area contributed by atoms with Gasteiger partial charge in [0.1, 0.15) is 0 Å². The van der Waals surface area contributed by atoms with E-state index in [4.69, 9.17) is 0 Å². The Morgan fingerprint density at radius 2 is 1.74 bits per heavy atom. The number of hydrogen-bond donors (Lipinski definition) is 0. The van der Waals surface area contributed by atoms with Crippen LogP contribution in [-0.4, -0.2) is 28.9 Å². The zero-order chi connectivity index (χ0) is 17.4. The van der Waals surface area contributed by atoms with Crippen LogP contribution in [0.1, 0.15) is 11.1 Å². The second-order valence-electron chi connectivity index (χ2n) is 5.44. The van der Waals surface area contributed by atoms with Crippen LogP contribution < -0.4 is 11.2 Å². The van der Waals surface area contributed by atoms with E-state index in [2.05, 4.69) is 0 Å². The first-order valence-corrected chi connectivity index (χ1v) is 8.37. The van der Waals surface area contributed by atoms with E-state index >= 15 is 0 Å². The molecule has 124 valence electrons. The molecule has 23 heavy (non-hydrogen) atoms. The third-order valence-electron chi connectivity index (χ3n) is 3.76. The van der Waals surface area contributed by atoms with Crippen molar-refractivity contribution in [3.63, 3.8) is 0 Å². The topological polar surface area (TPSA) is 81.4 Å². The fourth-order valence-electron chi connectivity index (χ4n) is 2.23. The van der Waals surface area contributed by atoms with Gasteiger partial charge in [-0.3, -0.25) is 9.36 Å². The molecule has 1 aromatic heterocycles. The number of sulfonamides is 1. The van der Waals surface area contributed by atoms with Gasteiger partial charge in [-0.2, -0.15) is 4.31 Å². The standard InChI is InChI=1S/C15H19N3O4S/c1-11-7-5-6-8-12(11)9-17(3)23(21,22)13-10-16(2)15(20)18(4)14(13)19/h5-8,10H,9H2,1-4H3. The summed E-state index contributed by atoms with van der Waals surface area (Å²) >= 11 is 0. The molecule has 2 rings (SSSR count). The van der Waals surface area contributed by atoms with Crippen LogP contribution in [0, 0.1) is 6.92 Å². The smallest absolute Gasteiger partial charge is 0.302 e. The molecule has 0 saturated heterocycles. The van der Waals surface area contributed by atoms with Gasteiger partial charge in [0.15, 0.2) is 4.90 Å². The molecule has 7 nitrogen and oxygen atoms in total. The first-order chi connectivity index (χ1) is 10.7. The van der Waals surface area contributed by atoms with E-state index in [1.165, 1.54) is 21.1 Å². The molecule has 8 heteroatoms. The SMILES string of the molecule is Cc1ccccc1CN(C)S(=O)(=O)c1cn(C)c(=O)n(C)c1=O. The Labute approximate surface area is 134 Å². The molecule has 1 aromatic carbocycles. The number of rotatable bonds is 4. The predicted molar refractivity (Wildman–Crippen MR) is 86.8 cm³/mol. The van der Waals surface area contributed by atoms with Gasteiger partial charge in [-0.25, -0.2) is 13.2 Å². The maximum Gasteiger partial charge on any atom is 0.330 e. The maximum atomic E-state index is 12.7. The second-order valence-corrected chi connectivity index (χ2v) is 7.45. The van der Waals surface area contributed by atoms with Gasteiger partial charge in [0.05, 0.1) is 0 Å². The molecule has 0 aliphatic rings. The summed E-state index contributed by atoms with van der Waals surface area (Å²) in [6.45, 7) is 2.03. The maximum absolute atomic E-state index is 12.7. The number of hydrogen-bond acceptors (Lipinski definition) is 4. The molecule has 2 aromatic rings. The summed E-state index contributed by atoms with van der Waals surface area (Å²) in [6, 6.07) is 7.42. The second kappa shape index (κ2) is 6.13. The number of nitrogens with zero attached hydrogens (tertiary/aromatic N) is 3. The zero-order valence-corrected chi connectivity index (χ0v) is 14.3. The minimum atomic E-state index is -4.01. The van der Waals surface area contributed by atoms with Gasteiger partial charge in [0, 0.05) is 33.9 Å². The Hall–Kier alpha value is -2.19. The minimum Gasteiger partial charge on any atom is -0.302 e.